The first-order valence-corrected chi connectivity index (χ1v) is 3.69. The molecule has 1 aromatic carbocycles. The molecule has 0 heterocycles. The first-order chi connectivity index (χ1) is 5.15. The number of nitrogens with one attached hydrogen (secondary N) is 1. The van der Waals surface area contributed by atoms with E-state index in [9.17, 15) is 0 Å². The van der Waals surface area contributed by atoms with Gasteiger partial charge in [0.15, 0.2) is 0 Å². The van der Waals surface area contributed by atoms with Crippen molar-refractivity contribution in [3.63, 3.8) is 0 Å². The van der Waals surface area contributed by atoms with Gasteiger partial charge in [-0.05, 0) is 26.0 Å². The molecule has 0 aliphatic rings. The fraction of sp³-hybridized carbons (Fsp3) is 0.333. The molecule has 0 aliphatic carbocycles. The van der Waals surface area contributed by atoms with Gasteiger partial charge in [0.25, 0.3) is 0 Å². The third-order valence-electron chi connectivity index (χ3n) is 1.88. The number of rotatable bonds is 1. The first-order valence-electron chi connectivity index (χ1n) is 3.69. The summed E-state index contributed by atoms with van der Waals surface area (Å²) in [6.45, 7) is 4.03. The minimum Gasteiger partial charge on any atom is -0.388 e. The zero-order chi connectivity index (χ0) is 8.43. The van der Waals surface area contributed by atoms with Gasteiger partial charge in [0.05, 0.1) is 0 Å². The molecule has 0 amide bonds. The summed E-state index contributed by atoms with van der Waals surface area (Å²) in [5.41, 5.74) is 4.28. The molecule has 1 nitrogen and oxygen atoms in total. The molecule has 0 unspecified atom stereocenters. The molecule has 0 saturated heterocycles. The molecule has 56 valence electrons. The highest BCUT2D eigenvalue weighted by Crippen LogP contribution is 2.09. The van der Waals surface area contributed by atoms with Crippen LogP contribution in [0.25, 0.3) is 0 Å². The molecule has 2 heteroatoms. The minimum atomic E-state index is 0.893. The zero-order valence-corrected chi connectivity index (χ0v) is 7.23. The van der Waals surface area contributed by atoms with E-state index in [2.05, 4.69) is 5.32 Å². The number of aryl methyl sites for hydroxylation is 2. The molecule has 1 rings (SSSR count). The lowest BCUT2D eigenvalue weighted by molar-refractivity contribution is 1.40. The van der Waals surface area contributed by atoms with E-state index >= 15 is 0 Å². The molecule has 0 saturated carbocycles. The molecule has 2 radical (unpaired) electrons. The van der Waals surface area contributed by atoms with Crippen LogP contribution >= 0.6 is 0 Å². The van der Waals surface area contributed by atoms with Gasteiger partial charge in [-0.15, -0.1) is 0 Å². The number of benzene rings is 1. The summed E-state index contributed by atoms with van der Waals surface area (Å²) in [6, 6.07) is 4.09. The van der Waals surface area contributed by atoms with E-state index in [-0.39, 0.29) is 0 Å². The van der Waals surface area contributed by atoms with Gasteiger partial charge in [-0.1, -0.05) is 16.6 Å². The average Bonchev–Trinajstić information content (AvgIpc) is 1.99. The Bertz CT molecular complexity index is 245. The summed E-state index contributed by atoms with van der Waals surface area (Å²) in [5.74, 6) is 0. The quantitative estimate of drug-likeness (QED) is 0.584. The van der Waals surface area contributed by atoms with Crippen LogP contribution in [0.4, 0.5) is 5.69 Å². The average molecular weight is 145 g/mol. The Labute approximate surface area is 69.2 Å². The Morgan fingerprint density at radius 2 is 1.64 bits per heavy atom. The molecular weight excluding hydrogens is 133 g/mol. The molecule has 0 atom stereocenters. The van der Waals surface area contributed by atoms with Crippen molar-refractivity contribution >= 4 is 19.0 Å². The smallest absolute Gasteiger partial charge is 0.114 e. The van der Waals surface area contributed by atoms with E-state index in [4.69, 9.17) is 7.85 Å². The highest BCUT2D eigenvalue weighted by Gasteiger charge is 1.97. The molecule has 11 heavy (non-hydrogen) atoms. The molecule has 1 aromatic rings. The van der Waals surface area contributed by atoms with Crippen LogP contribution in [0.15, 0.2) is 12.1 Å². The van der Waals surface area contributed by atoms with Crippen LogP contribution in [0.3, 0.4) is 0 Å². The van der Waals surface area contributed by atoms with Gasteiger partial charge in [-0.3, -0.25) is 0 Å². The molecule has 0 aromatic heterocycles. The van der Waals surface area contributed by atoms with E-state index in [1.54, 1.807) is 0 Å². The predicted octanol–water partition coefficient (Wildman–Crippen LogP) is 1.14. The van der Waals surface area contributed by atoms with Gasteiger partial charge in [0.1, 0.15) is 7.85 Å². The van der Waals surface area contributed by atoms with Crippen LogP contribution in [-0.4, -0.2) is 14.9 Å². The summed E-state index contributed by atoms with van der Waals surface area (Å²) < 4.78 is 0. The number of hydrogen-bond donors (Lipinski definition) is 1. The summed E-state index contributed by atoms with van der Waals surface area (Å²) in [7, 11) is 7.68. The maximum atomic E-state index is 5.78. The maximum Gasteiger partial charge on any atom is 0.114 e. The monoisotopic (exact) mass is 145 g/mol. The topological polar surface area (TPSA) is 12.0 Å². The second kappa shape index (κ2) is 2.99. The van der Waals surface area contributed by atoms with Gasteiger partial charge >= 0.3 is 0 Å². The van der Waals surface area contributed by atoms with Crippen LogP contribution in [0.2, 0.25) is 0 Å². The molecule has 0 fully saturated rings. The van der Waals surface area contributed by atoms with Gasteiger partial charge in [-0.2, -0.15) is 0 Å². The summed E-state index contributed by atoms with van der Waals surface area (Å²) >= 11 is 0. The third kappa shape index (κ3) is 1.56. The molecule has 0 aliphatic heterocycles. The zero-order valence-electron chi connectivity index (χ0n) is 7.23. The Balaban J connectivity index is 3.21. The van der Waals surface area contributed by atoms with Gasteiger partial charge in [0, 0.05) is 12.7 Å². The lowest BCUT2D eigenvalue weighted by Crippen LogP contribution is -2.11. The van der Waals surface area contributed by atoms with Crippen molar-refractivity contribution in [3.05, 3.63) is 23.3 Å². The maximum absolute atomic E-state index is 5.78. The lowest BCUT2D eigenvalue weighted by Gasteiger charge is -2.08. The van der Waals surface area contributed by atoms with Crippen molar-refractivity contribution in [1.29, 1.82) is 0 Å². The second-order valence-electron chi connectivity index (χ2n) is 2.77. The molecule has 0 bridgehead atoms. The van der Waals surface area contributed by atoms with Crippen molar-refractivity contribution in [2.45, 2.75) is 13.8 Å². The summed E-state index contributed by atoms with van der Waals surface area (Å²) in [5, 5.41) is 3.08. The first kappa shape index (κ1) is 8.18. The van der Waals surface area contributed by atoms with Crippen LogP contribution in [0.5, 0.6) is 0 Å². The highest BCUT2D eigenvalue weighted by molar-refractivity contribution is 6.34. The standard InChI is InChI=1S/C9H12BN/c1-6-4-8(11-3)5-7(2)9(6)10/h4-5,11H,1-3H3. The SMILES string of the molecule is [B]c1c(C)cc(NC)cc1C. The van der Waals surface area contributed by atoms with Crippen LogP contribution < -0.4 is 10.8 Å². The van der Waals surface area contributed by atoms with Crippen molar-refractivity contribution in [3.8, 4) is 0 Å². The Morgan fingerprint density at radius 3 is 2.00 bits per heavy atom. The van der Waals surface area contributed by atoms with Crippen LogP contribution in [0, 0.1) is 13.8 Å². The van der Waals surface area contributed by atoms with Crippen molar-refractivity contribution in [1.82, 2.24) is 0 Å². The van der Waals surface area contributed by atoms with Crippen LogP contribution in [-0.2, 0) is 0 Å². The van der Waals surface area contributed by atoms with E-state index in [1.165, 1.54) is 0 Å². The number of anilines is 1. The van der Waals surface area contributed by atoms with Gasteiger partial charge in [-0.25, -0.2) is 0 Å². The Kier molecular flexibility index (Phi) is 2.23. The van der Waals surface area contributed by atoms with Crippen LogP contribution in [0.1, 0.15) is 11.1 Å². The normalized spacial score (nSPS) is 9.73. The van der Waals surface area contributed by atoms with E-state index in [1.807, 2.05) is 33.0 Å². The minimum absolute atomic E-state index is 0.893. The van der Waals surface area contributed by atoms with Gasteiger partial charge in [0.2, 0.25) is 0 Å². The molecule has 1 N–H and O–H groups in total. The van der Waals surface area contributed by atoms with Crippen molar-refractivity contribution in [2.75, 3.05) is 12.4 Å². The van der Waals surface area contributed by atoms with E-state index < -0.39 is 0 Å². The second-order valence-corrected chi connectivity index (χ2v) is 2.77. The fourth-order valence-electron chi connectivity index (χ4n) is 1.12. The third-order valence-corrected chi connectivity index (χ3v) is 1.88. The van der Waals surface area contributed by atoms with Crippen molar-refractivity contribution < 1.29 is 0 Å². The van der Waals surface area contributed by atoms with Gasteiger partial charge < -0.3 is 5.32 Å². The highest BCUT2D eigenvalue weighted by atomic mass is 14.8. The Hall–Kier alpha value is -0.915. The largest absolute Gasteiger partial charge is 0.388 e. The molecule has 0 spiro atoms. The van der Waals surface area contributed by atoms with E-state index in [0.717, 1.165) is 22.3 Å². The van der Waals surface area contributed by atoms with E-state index in [0.29, 0.717) is 0 Å². The fourth-order valence-corrected chi connectivity index (χ4v) is 1.12. The Morgan fingerprint density at radius 1 is 1.18 bits per heavy atom. The predicted molar refractivity (Wildman–Crippen MR) is 50.9 cm³/mol. The number of hydrogen-bond acceptors (Lipinski definition) is 1. The molecular formula is C9H12BN. The van der Waals surface area contributed by atoms with Crippen molar-refractivity contribution in [2.24, 2.45) is 0 Å². The summed E-state index contributed by atoms with van der Waals surface area (Å²) in [6.07, 6.45) is 0. The lowest BCUT2D eigenvalue weighted by atomic mass is 9.86. The summed E-state index contributed by atoms with van der Waals surface area (Å²) in [4.78, 5) is 0.